The van der Waals surface area contributed by atoms with Gasteiger partial charge < -0.3 is 38.1 Å². The lowest BCUT2D eigenvalue weighted by Gasteiger charge is -2.23. The fourth-order valence-electron chi connectivity index (χ4n) is 4.63. The summed E-state index contributed by atoms with van der Waals surface area (Å²) < 4.78 is 81.2. The number of hydrogen-bond donors (Lipinski definition) is 4. The second kappa shape index (κ2) is 14.8. The number of alkyl halides is 2. The number of amides is 1. The number of halogens is 2. The van der Waals surface area contributed by atoms with Crippen LogP contribution in [0.5, 0.6) is 17.2 Å². The summed E-state index contributed by atoms with van der Waals surface area (Å²) >= 11 is 0. The maximum Gasteiger partial charge on any atom is 0.459 e. The number of hydrogen-bond acceptors (Lipinski definition) is 14. The van der Waals surface area contributed by atoms with Gasteiger partial charge in [-0.2, -0.15) is 18.9 Å². The summed E-state index contributed by atoms with van der Waals surface area (Å²) in [5.74, 6) is -4.86. The van der Waals surface area contributed by atoms with Gasteiger partial charge in [-0.25, -0.2) is 14.2 Å². The Morgan fingerprint density at radius 3 is 2.62 bits per heavy atom. The van der Waals surface area contributed by atoms with Crippen molar-refractivity contribution >= 4 is 36.6 Å². The maximum absolute atomic E-state index is 15.2. The number of rotatable bonds is 14. The Morgan fingerprint density at radius 1 is 1.18 bits per heavy atom. The second-order valence-electron chi connectivity index (χ2n) is 10.6. The third-order valence-corrected chi connectivity index (χ3v) is 8.73. The molecule has 1 aliphatic rings. The van der Waals surface area contributed by atoms with Crippen LogP contribution < -0.4 is 30.1 Å². The van der Waals surface area contributed by atoms with E-state index in [-0.39, 0.29) is 23.9 Å². The lowest BCUT2D eigenvalue weighted by Crippen LogP contribution is -2.42. The predicted octanol–water partition coefficient (Wildman–Crippen LogP) is 3.31. The summed E-state index contributed by atoms with van der Waals surface area (Å²) in [7, 11) is -1.66. The first-order valence-electron chi connectivity index (χ1n) is 14.5. The third-order valence-electron chi connectivity index (χ3n) is 7.09. The Kier molecular flexibility index (Phi) is 10.7. The molecule has 1 saturated heterocycles. The van der Waals surface area contributed by atoms with Crippen molar-refractivity contribution in [3.05, 3.63) is 71.2 Å². The van der Waals surface area contributed by atoms with Crippen LogP contribution in [-0.2, 0) is 30.0 Å². The molecule has 0 aliphatic carbocycles. The zero-order valence-corrected chi connectivity index (χ0v) is 27.2. The van der Waals surface area contributed by atoms with E-state index in [1.807, 2.05) is 0 Å². The molecule has 0 radical (unpaired) electrons. The Bertz CT molecular complexity index is 1960. The van der Waals surface area contributed by atoms with Crippen molar-refractivity contribution in [1.29, 1.82) is 0 Å². The molecule has 4 heterocycles. The maximum atomic E-state index is 15.2. The van der Waals surface area contributed by atoms with Crippen LogP contribution in [0.3, 0.4) is 0 Å². The van der Waals surface area contributed by atoms with Gasteiger partial charge in [0.25, 0.3) is 0 Å². The van der Waals surface area contributed by atoms with Gasteiger partial charge in [0.2, 0.25) is 6.23 Å². The molecule has 1 fully saturated rings. The molecule has 5 atom stereocenters. The number of aliphatic hydroxyl groups is 1. The summed E-state index contributed by atoms with van der Waals surface area (Å²) in [5.41, 5.74) is -0.916. The number of ether oxygens (including phenoxy) is 4. The SMILES string of the molecule is COc1cc(OC)c2oc(COC(=O)Nc3ccn([C@@H]4O[C@H](COP(=O)(N[C@@H](C)C(=O)O)Oc5cccnc5)[C@@H](O)C4(F)F)c(=O)n3)cc2c1. The molecule has 1 aliphatic heterocycles. The first-order valence-corrected chi connectivity index (χ1v) is 16.0. The van der Waals surface area contributed by atoms with Crippen molar-refractivity contribution < 1.29 is 65.6 Å². The molecular weight excluding hydrogens is 695 g/mol. The van der Waals surface area contributed by atoms with Crippen molar-refractivity contribution in [3.8, 4) is 17.2 Å². The van der Waals surface area contributed by atoms with Gasteiger partial charge in [-0.05, 0) is 37.3 Å². The number of aliphatic carboxylic acids is 1. The van der Waals surface area contributed by atoms with Gasteiger partial charge in [-0.15, -0.1) is 0 Å². The van der Waals surface area contributed by atoms with Gasteiger partial charge in [-0.1, -0.05) is 0 Å². The van der Waals surface area contributed by atoms with Crippen LogP contribution in [0.1, 0.15) is 18.9 Å². The van der Waals surface area contributed by atoms with Gasteiger partial charge in [0, 0.05) is 23.8 Å². The predicted molar refractivity (Wildman–Crippen MR) is 165 cm³/mol. The molecule has 1 unspecified atom stereocenters. The molecule has 1 amide bonds. The number of aliphatic hydroxyl groups excluding tert-OH is 1. The number of benzene rings is 1. The number of carboxylic acids is 1. The van der Waals surface area contributed by atoms with Gasteiger partial charge in [0.05, 0.1) is 27.0 Å². The first-order chi connectivity index (χ1) is 23.7. The molecule has 1 aromatic carbocycles. The van der Waals surface area contributed by atoms with Crippen molar-refractivity contribution in [2.75, 3.05) is 26.1 Å². The van der Waals surface area contributed by atoms with Gasteiger partial charge in [0.1, 0.15) is 35.2 Å². The number of carbonyl (C=O) groups is 2. The topological polar surface area (TPSA) is 232 Å². The van der Waals surface area contributed by atoms with Gasteiger partial charge in [-0.3, -0.25) is 24.2 Å². The van der Waals surface area contributed by atoms with Crippen LogP contribution in [0.4, 0.5) is 19.4 Å². The zero-order chi connectivity index (χ0) is 36.2. The standard InChI is InChI=1S/C29H30F2N5O13P/c1-15(25(38)39)35-50(42,49-17-5-4-7-32-12-17)46-14-21-24(37)29(30,31)26(48-21)36-8-6-22(33-27(36)40)34-28(41)45-13-19-10-16-9-18(43-2)11-20(44-3)23(16)47-19/h4-12,15,21,24,26,37H,13-14H2,1-3H3,(H,35,42)(H,38,39)(H,33,34,40,41)/t15-,21+,24+,26+,50?/m0/s1. The molecule has 50 heavy (non-hydrogen) atoms. The highest BCUT2D eigenvalue weighted by Gasteiger charge is 2.60. The number of pyridine rings is 1. The minimum Gasteiger partial charge on any atom is -0.497 e. The quantitative estimate of drug-likeness (QED) is 0.137. The average Bonchev–Trinajstić information content (AvgIpc) is 3.59. The number of nitrogens with zero attached hydrogens (tertiary/aromatic N) is 3. The monoisotopic (exact) mass is 725 g/mol. The number of carbonyl (C=O) groups excluding carboxylic acids is 1. The summed E-state index contributed by atoms with van der Waals surface area (Å²) in [6.07, 6.45) is -4.59. The molecule has 0 spiro atoms. The van der Waals surface area contributed by atoms with E-state index in [1.165, 1.54) is 32.5 Å². The van der Waals surface area contributed by atoms with Crippen LogP contribution in [-0.4, -0.2) is 81.8 Å². The summed E-state index contributed by atoms with van der Waals surface area (Å²) in [6, 6.07) is 7.17. The van der Waals surface area contributed by atoms with Gasteiger partial charge >= 0.3 is 31.4 Å². The number of nitrogens with one attached hydrogen (secondary N) is 2. The van der Waals surface area contributed by atoms with Crippen molar-refractivity contribution in [2.45, 2.75) is 43.9 Å². The highest BCUT2D eigenvalue weighted by atomic mass is 31.2. The van der Waals surface area contributed by atoms with Crippen molar-refractivity contribution in [2.24, 2.45) is 0 Å². The van der Waals surface area contributed by atoms with Gasteiger partial charge in [0.15, 0.2) is 24.0 Å². The lowest BCUT2D eigenvalue weighted by atomic mass is 10.1. The molecular formula is C29H30F2N5O13P. The number of fused-ring (bicyclic) bond motifs is 1. The van der Waals surface area contributed by atoms with Crippen molar-refractivity contribution in [3.63, 3.8) is 0 Å². The highest BCUT2D eigenvalue weighted by Crippen LogP contribution is 2.48. The summed E-state index contributed by atoms with van der Waals surface area (Å²) in [5, 5.41) is 24.6. The van der Waals surface area contributed by atoms with E-state index in [0.717, 1.165) is 25.4 Å². The second-order valence-corrected chi connectivity index (χ2v) is 12.3. The molecule has 21 heteroatoms. The molecule has 0 bridgehead atoms. The number of aromatic nitrogens is 3. The zero-order valence-electron chi connectivity index (χ0n) is 26.3. The highest BCUT2D eigenvalue weighted by molar-refractivity contribution is 7.52. The van der Waals surface area contributed by atoms with Crippen LogP contribution in [0, 0.1) is 0 Å². The summed E-state index contributed by atoms with van der Waals surface area (Å²) in [6.45, 7) is -0.204. The minimum atomic E-state index is -4.59. The number of methoxy groups -OCH3 is 2. The van der Waals surface area contributed by atoms with E-state index >= 15 is 8.78 Å². The summed E-state index contributed by atoms with van der Waals surface area (Å²) in [4.78, 5) is 43.9. The Labute approximate surface area is 280 Å². The number of carboxylic acid groups (broad SMARTS) is 1. The van der Waals surface area contributed by atoms with Crippen LogP contribution in [0.25, 0.3) is 11.0 Å². The number of anilines is 1. The molecule has 0 saturated carbocycles. The molecule has 3 aromatic heterocycles. The molecule has 4 N–H and O–H groups in total. The largest absolute Gasteiger partial charge is 0.497 e. The molecule has 5 rings (SSSR count). The molecule has 268 valence electrons. The van der Waals surface area contributed by atoms with Crippen LogP contribution in [0.2, 0.25) is 0 Å². The molecule has 4 aromatic rings. The number of furan rings is 1. The Hall–Kier alpha value is -5.14. The van der Waals surface area contributed by atoms with E-state index in [4.69, 9.17) is 32.4 Å². The molecule has 18 nitrogen and oxygen atoms in total. The lowest BCUT2D eigenvalue weighted by molar-refractivity contribution is -0.141. The van der Waals surface area contributed by atoms with E-state index in [9.17, 15) is 29.2 Å². The van der Waals surface area contributed by atoms with E-state index in [0.29, 0.717) is 27.0 Å². The fraction of sp³-hybridized carbons (Fsp3) is 0.345. The van der Waals surface area contributed by atoms with Crippen molar-refractivity contribution in [1.82, 2.24) is 19.6 Å². The first kappa shape index (κ1) is 36.1. The fourth-order valence-corrected chi connectivity index (χ4v) is 6.12. The van der Waals surface area contributed by atoms with E-state index < -0.39 is 62.5 Å². The van der Waals surface area contributed by atoms with E-state index in [1.54, 1.807) is 18.2 Å². The minimum absolute atomic E-state index is 0.108. The van der Waals surface area contributed by atoms with E-state index in [2.05, 4.69) is 20.4 Å². The third kappa shape index (κ3) is 8.01. The van der Waals surface area contributed by atoms with Crippen LogP contribution >= 0.6 is 7.75 Å². The average molecular weight is 726 g/mol. The Morgan fingerprint density at radius 2 is 1.96 bits per heavy atom. The smallest absolute Gasteiger partial charge is 0.459 e. The Balaban J connectivity index is 1.23. The van der Waals surface area contributed by atoms with Crippen LogP contribution in [0.15, 0.2) is 64.2 Å². The normalized spacial score (nSPS) is 20.1.